The van der Waals surface area contributed by atoms with Gasteiger partial charge in [-0.1, -0.05) is 56.3 Å². The van der Waals surface area contributed by atoms with Crippen LogP contribution < -0.4 is 5.73 Å². The zero-order chi connectivity index (χ0) is 13.5. The van der Waals surface area contributed by atoms with Gasteiger partial charge in [-0.25, -0.2) is 0 Å². The molecule has 18 heavy (non-hydrogen) atoms. The molecule has 3 heteroatoms. The number of nitrogens with two attached hydrogens (primary N) is 1. The minimum absolute atomic E-state index is 0.0719. The second kappa shape index (κ2) is 6.97. The number of hydrogen-bond acceptors (Lipinski definition) is 2. The van der Waals surface area contributed by atoms with E-state index in [-0.39, 0.29) is 12.0 Å². The monoisotopic (exact) mass is 247 g/mol. The second-order valence-electron chi connectivity index (χ2n) is 4.85. The molecular weight excluding hydrogens is 226 g/mol. The van der Waals surface area contributed by atoms with E-state index in [1.165, 1.54) is 0 Å². The summed E-state index contributed by atoms with van der Waals surface area (Å²) in [6.45, 7) is 3.79. The molecule has 0 saturated carbocycles. The van der Waals surface area contributed by atoms with Crippen molar-refractivity contribution in [2.24, 2.45) is 17.6 Å². The van der Waals surface area contributed by atoms with Crippen LogP contribution in [0.3, 0.4) is 0 Å². The molecule has 0 radical (unpaired) electrons. The van der Waals surface area contributed by atoms with Crippen LogP contribution >= 0.6 is 0 Å². The predicted octanol–water partition coefficient (Wildman–Crippen LogP) is 2.47. The van der Waals surface area contributed by atoms with Crippen molar-refractivity contribution in [3.63, 3.8) is 0 Å². The number of aliphatic carboxylic acids is 1. The van der Waals surface area contributed by atoms with Crippen molar-refractivity contribution >= 4 is 5.97 Å². The molecule has 2 atom stereocenters. The zero-order valence-electron chi connectivity index (χ0n) is 10.9. The van der Waals surface area contributed by atoms with Crippen LogP contribution in [0.15, 0.2) is 42.5 Å². The molecule has 0 bridgehead atoms. The average Bonchev–Trinajstić information content (AvgIpc) is 2.29. The van der Waals surface area contributed by atoms with Crippen molar-refractivity contribution in [3.8, 4) is 0 Å². The fourth-order valence-electron chi connectivity index (χ4n) is 1.81. The highest BCUT2D eigenvalue weighted by Gasteiger charge is 2.17. The lowest BCUT2D eigenvalue weighted by molar-refractivity contribution is -0.141. The van der Waals surface area contributed by atoms with Gasteiger partial charge in [0, 0.05) is 6.04 Å². The summed E-state index contributed by atoms with van der Waals surface area (Å²) in [6.07, 6.45) is 4.23. The Morgan fingerprint density at radius 1 is 1.28 bits per heavy atom. The maximum Gasteiger partial charge on any atom is 0.310 e. The highest BCUT2D eigenvalue weighted by Crippen LogP contribution is 2.13. The topological polar surface area (TPSA) is 63.3 Å². The van der Waals surface area contributed by atoms with Crippen molar-refractivity contribution in [3.05, 3.63) is 48.0 Å². The molecule has 0 fully saturated rings. The Labute approximate surface area is 108 Å². The number of hydrogen-bond donors (Lipinski definition) is 2. The number of carboxylic acids is 1. The van der Waals surface area contributed by atoms with Crippen LogP contribution in [0.4, 0.5) is 0 Å². The lowest BCUT2D eigenvalue weighted by Gasteiger charge is -2.13. The molecule has 0 heterocycles. The van der Waals surface area contributed by atoms with E-state index >= 15 is 0 Å². The smallest absolute Gasteiger partial charge is 0.310 e. The van der Waals surface area contributed by atoms with Crippen molar-refractivity contribution in [1.82, 2.24) is 0 Å². The molecule has 0 aliphatic carbocycles. The molecule has 0 aliphatic heterocycles. The first-order valence-corrected chi connectivity index (χ1v) is 6.21. The fourth-order valence-corrected chi connectivity index (χ4v) is 1.81. The van der Waals surface area contributed by atoms with E-state index in [1.54, 1.807) is 12.2 Å². The highest BCUT2D eigenvalue weighted by atomic mass is 16.4. The summed E-state index contributed by atoms with van der Waals surface area (Å²) in [4.78, 5) is 11.0. The fraction of sp³-hybridized carbons (Fsp3) is 0.400. The summed E-state index contributed by atoms with van der Waals surface area (Å²) in [7, 11) is 0. The van der Waals surface area contributed by atoms with Crippen molar-refractivity contribution in [2.75, 3.05) is 0 Å². The first kappa shape index (κ1) is 14.5. The van der Waals surface area contributed by atoms with Gasteiger partial charge in [0.15, 0.2) is 0 Å². The van der Waals surface area contributed by atoms with Crippen LogP contribution in [-0.2, 0) is 11.2 Å². The summed E-state index contributed by atoms with van der Waals surface area (Å²) in [5.74, 6) is -1.19. The van der Waals surface area contributed by atoms with Gasteiger partial charge in [-0.05, 0) is 17.9 Å². The Bertz CT molecular complexity index is 398. The lowest BCUT2D eigenvalue weighted by Crippen LogP contribution is -2.22. The molecule has 1 rings (SSSR count). The third-order valence-electron chi connectivity index (χ3n) is 2.88. The molecule has 3 N–H and O–H groups in total. The largest absolute Gasteiger partial charge is 0.481 e. The first-order chi connectivity index (χ1) is 8.50. The van der Waals surface area contributed by atoms with Gasteiger partial charge in [-0.3, -0.25) is 4.79 Å². The standard InChI is InChI=1S/C15H21NO2/c1-11(2)14(15(17)18)9-8-13(16)10-12-6-4-3-5-7-12/h3-9,11,13-14H,10,16H2,1-2H3,(H,17,18)/b9-8-/t13-,14-/m0/s1. The molecule has 0 spiro atoms. The van der Waals surface area contributed by atoms with Crippen LogP contribution in [0, 0.1) is 11.8 Å². The Hall–Kier alpha value is -1.61. The lowest BCUT2D eigenvalue weighted by atomic mass is 9.94. The van der Waals surface area contributed by atoms with Gasteiger partial charge >= 0.3 is 5.97 Å². The first-order valence-electron chi connectivity index (χ1n) is 6.21. The Morgan fingerprint density at radius 3 is 2.39 bits per heavy atom. The van der Waals surface area contributed by atoms with Crippen LogP contribution in [0.5, 0.6) is 0 Å². The number of rotatable bonds is 6. The molecule has 3 nitrogen and oxygen atoms in total. The van der Waals surface area contributed by atoms with Crippen molar-refractivity contribution in [1.29, 1.82) is 0 Å². The van der Waals surface area contributed by atoms with Gasteiger partial charge in [0.05, 0.1) is 5.92 Å². The summed E-state index contributed by atoms with van der Waals surface area (Å²) in [5.41, 5.74) is 7.13. The Balaban J connectivity index is 2.58. The second-order valence-corrected chi connectivity index (χ2v) is 4.85. The van der Waals surface area contributed by atoms with Gasteiger partial charge < -0.3 is 10.8 Å². The van der Waals surface area contributed by atoms with Crippen LogP contribution in [0.25, 0.3) is 0 Å². The van der Waals surface area contributed by atoms with E-state index in [0.717, 1.165) is 12.0 Å². The molecular formula is C15H21NO2. The molecule has 98 valence electrons. The van der Waals surface area contributed by atoms with Gasteiger partial charge in [-0.2, -0.15) is 0 Å². The van der Waals surface area contributed by atoms with Gasteiger partial charge in [0.2, 0.25) is 0 Å². The molecule has 0 saturated heterocycles. The Morgan fingerprint density at radius 2 is 1.89 bits per heavy atom. The summed E-state index contributed by atoms with van der Waals surface area (Å²) in [6, 6.07) is 9.80. The third kappa shape index (κ3) is 4.72. The van der Waals surface area contributed by atoms with E-state index in [4.69, 9.17) is 10.8 Å². The normalized spacial score (nSPS) is 14.9. The van der Waals surface area contributed by atoms with Gasteiger partial charge in [0.25, 0.3) is 0 Å². The maximum absolute atomic E-state index is 11.0. The number of carbonyl (C=O) groups is 1. The molecule has 0 aliphatic rings. The molecule has 1 aromatic carbocycles. The van der Waals surface area contributed by atoms with Gasteiger partial charge in [-0.15, -0.1) is 0 Å². The highest BCUT2D eigenvalue weighted by molar-refractivity contribution is 5.72. The molecule has 0 aromatic heterocycles. The van der Waals surface area contributed by atoms with E-state index in [9.17, 15) is 4.79 Å². The van der Waals surface area contributed by atoms with E-state index in [0.29, 0.717) is 0 Å². The molecule has 0 amide bonds. The average molecular weight is 247 g/mol. The van der Waals surface area contributed by atoms with Crippen LogP contribution in [-0.4, -0.2) is 17.1 Å². The number of carboxylic acid groups (broad SMARTS) is 1. The SMILES string of the molecule is CC(C)[C@H](/C=C\[C@H](N)Cc1ccccc1)C(=O)O. The number of benzene rings is 1. The van der Waals surface area contributed by atoms with Crippen LogP contribution in [0.1, 0.15) is 19.4 Å². The minimum atomic E-state index is -0.798. The zero-order valence-corrected chi connectivity index (χ0v) is 10.9. The van der Waals surface area contributed by atoms with E-state index in [2.05, 4.69) is 0 Å². The van der Waals surface area contributed by atoms with Gasteiger partial charge in [0.1, 0.15) is 0 Å². The predicted molar refractivity (Wildman–Crippen MR) is 73.2 cm³/mol. The Kier molecular flexibility index (Phi) is 5.59. The summed E-state index contributed by atoms with van der Waals surface area (Å²) in [5, 5.41) is 9.05. The van der Waals surface area contributed by atoms with Crippen LogP contribution in [0.2, 0.25) is 0 Å². The van der Waals surface area contributed by atoms with E-state index < -0.39 is 11.9 Å². The maximum atomic E-state index is 11.0. The summed E-state index contributed by atoms with van der Waals surface area (Å²) >= 11 is 0. The quantitative estimate of drug-likeness (QED) is 0.759. The third-order valence-corrected chi connectivity index (χ3v) is 2.88. The minimum Gasteiger partial charge on any atom is -0.481 e. The van der Waals surface area contributed by atoms with E-state index in [1.807, 2.05) is 44.2 Å². The van der Waals surface area contributed by atoms with Crippen molar-refractivity contribution in [2.45, 2.75) is 26.3 Å². The van der Waals surface area contributed by atoms with Crippen molar-refractivity contribution < 1.29 is 9.90 Å². The molecule has 0 unspecified atom stereocenters. The molecule has 1 aromatic rings. The summed E-state index contributed by atoms with van der Waals surface area (Å²) < 4.78 is 0.